The molecule has 7 nitrogen and oxygen atoms in total. The van der Waals surface area contributed by atoms with E-state index in [0.29, 0.717) is 28.0 Å². The number of hydrogen-bond acceptors (Lipinski definition) is 6. The summed E-state index contributed by atoms with van der Waals surface area (Å²) in [5.74, 6) is -0.793. The minimum atomic E-state index is -3.56. The molecule has 1 atom stereocenters. The summed E-state index contributed by atoms with van der Waals surface area (Å²) in [6, 6.07) is 3.45. The Bertz CT molecular complexity index is 999. The van der Waals surface area contributed by atoms with E-state index in [1.165, 1.54) is 13.0 Å². The summed E-state index contributed by atoms with van der Waals surface area (Å²) < 4.78 is 36.4. The van der Waals surface area contributed by atoms with E-state index >= 15 is 0 Å². The van der Waals surface area contributed by atoms with Crippen molar-refractivity contribution in [2.45, 2.75) is 46.3 Å². The van der Waals surface area contributed by atoms with E-state index in [0.717, 1.165) is 12.0 Å². The second-order valence-corrected chi connectivity index (χ2v) is 8.59. The highest BCUT2D eigenvalue weighted by Gasteiger charge is 2.21. The highest BCUT2D eigenvalue weighted by molar-refractivity contribution is 7.89. The summed E-state index contributed by atoms with van der Waals surface area (Å²) in [6.45, 7) is 4.85. The zero-order chi connectivity index (χ0) is 20.2. The van der Waals surface area contributed by atoms with E-state index < -0.39 is 27.7 Å². The Labute approximate surface area is 162 Å². The van der Waals surface area contributed by atoms with Crippen molar-refractivity contribution in [2.24, 2.45) is 0 Å². The molecule has 9 heteroatoms. The van der Waals surface area contributed by atoms with Gasteiger partial charge in [-0.3, -0.25) is 4.79 Å². The zero-order valence-electron chi connectivity index (χ0n) is 15.4. The fourth-order valence-electron chi connectivity index (χ4n) is 2.45. The maximum atomic E-state index is 12.1. The van der Waals surface area contributed by atoms with Crippen LogP contribution in [0.2, 0.25) is 5.02 Å². The third kappa shape index (κ3) is 5.79. The Morgan fingerprint density at radius 1 is 1.33 bits per heavy atom. The highest BCUT2D eigenvalue weighted by Crippen LogP contribution is 2.25. The molecule has 0 amide bonds. The number of unbranched alkanes of at least 4 members (excludes halogenated alkanes) is 1. The lowest BCUT2D eigenvalue weighted by molar-refractivity contribution is -0.146. The Morgan fingerprint density at radius 2 is 2.04 bits per heavy atom. The molecule has 0 aliphatic carbocycles. The first-order chi connectivity index (χ1) is 12.6. The fourth-order valence-corrected chi connectivity index (χ4v) is 4.04. The van der Waals surface area contributed by atoms with E-state index in [4.69, 9.17) is 20.8 Å². The molecule has 0 aliphatic heterocycles. The number of rotatable bonds is 8. The second-order valence-electron chi connectivity index (χ2n) is 6.31. The quantitative estimate of drug-likeness (QED) is 0.525. The number of carbonyl (C=O) groups excluding carboxylic acids is 1. The predicted molar refractivity (Wildman–Crippen MR) is 103 cm³/mol. The number of nitrogens with one attached hydrogen (secondary N) is 1. The van der Waals surface area contributed by atoms with Gasteiger partial charge in [-0.05, 0) is 38.0 Å². The van der Waals surface area contributed by atoms with E-state index in [1.807, 2.05) is 6.92 Å². The maximum Gasteiger partial charge on any atom is 0.336 e. The van der Waals surface area contributed by atoms with E-state index in [9.17, 15) is 18.0 Å². The fraction of sp³-hybridized carbons (Fsp3) is 0.444. The highest BCUT2D eigenvalue weighted by atomic mass is 35.5. The molecule has 148 valence electrons. The summed E-state index contributed by atoms with van der Waals surface area (Å²) in [5, 5.41) is 1.04. The molecule has 1 heterocycles. The number of aryl methyl sites for hydroxylation is 1. The molecule has 0 spiro atoms. The summed E-state index contributed by atoms with van der Waals surface area (Å²) in [4.78, 5) is 23.9. The maximum absolute atomic E-state index is 12.1. The first-order valence-corrected chi connectivity index (χ1v) is 10.6. The van der Waals surface area contributed by atoms with Crippen LogP contribution in [-0.2, 0) is 26.2 Å². The van der Waals surface area contributed by atoms with Gasteiger partial charge < -0.3 is 9.15 Å². The molecule has 27 heavy (non-hydrogen) atoms. The number of sulfonamides is 1. The Hall–Kier alpha value is -1.90. The van der Waals surface area contributed by atoms with E-state index in [1.54, 1.807) is 19.1 Å². The van der Waals surface area contributed by atoms with E-state index in [-0.39, 0.29) is 12.4 Å². The summed E-state index contributed by atoms with van der Waals surface area (Å²) in [7, 11) is -3.56. The lowest BCUT2D eigenvalue weighted by atomic mass is 10.1. The van der Waals surface area contributed by atoms with Crippen LogP contribution < -0.4 is 10.3 Å². The van der Waals surface area contributed by atoms with Gasteiger partial charge in [-0.1, -0.05) is 24.9 Å². The van der Waals surface area contributed by atoms with Gasteiger partial charge in [-0.15, -0.1) is 0 Å². The molecule has 2 rings (SSSR count). The summed E-state index contributed by atoms with van der Waals surface area (Å²) >= 11 is 6.12. The molecule has 0 unspecified atom stereocenters. The van der Waals surface area contributed by atoms with Crippen molar-refractivity contribution in [1.82, 2.24) is 4.72 Å². The topological polar surface area (TPSA) is 103 Å². The third-order valence-corrected chi connectivity index (χ3v) is 5.90. The van der Waals surface area contributed by atoms with Crippen molar-refractivity contribution in [3.63, 3.8) is 0 Å². The van der Waals surface area contributed by atoms with Crippen LogP contribution in [0.3, 0.4) is 0 Å². The molecule has 0 radical (unpaired) electrons. The van der Waals surface area contributed by atoms with Gasteiger partial charge in [-0.25, -0.2) is 17.9 Å². The lowest BCUT2D eigenvalue weighted by Gasteiger charge is -2.14. The molecule has 0 bridgehead atoms. The van der Waals surface area contributed by atoms with Gasteiger partial charge in [0, 0.05) is 22.0 Å². The van der Waals surface area contributed by atoms with Gasteiger partial charge in [-0.2, -0.15) is 0 Å². The molecule has 2 aromatic rings. The third-order valence-electron chi connectivity index (χ3n) is 3.96. The van der Waals surface area contributed by atoms with Crippen molar-refractivity contribution in [3.8, 4) is 0 Å². The van der Waals surface area contributed by atoms with Gasteiger partial charge in [0.2, 0.25) is 10.0 Å². The van der Waals surface area contributed by atoms with Crippen LogP contribution in [0.5, 0.6) is 0 Å². The summed E-state index contributed by atoms with van der Waals surface area (Å²) in [5.41, 5.74) is 0.932. The number of benzene rings is 1. The Balaban J connectivity index is 2.13. The number of esters is 1. The number of hydrogen-bond donors (Lipinski definition) is 1. The molecule has 0 aliphatic rings. The molecular weight excluding hydrogens is 394 g/mol. The van der Waals surface area contributed by atoms with Crippen molar-refractivity contribution >= 4 is 38.6 Å². The van der Waals surface area contributed by atoms with Crippen molar-refractivity contribution in [2.75, 3.05) is 5.75 Å². The van der Waals surface area contributed by atoms with Crippen molar-refractivity contribution < 1.29 is 22.4 Å². The smallest absolute Gasteiger partial charge is 0.336 e. The van der Waals surface area contributed by atoms with Gasteiger partial charge >= 0.3 is 11.6 Å². The number of fused-ring (bicyclic) bond motifs is 1. The molecular formula is C18H22ClNO6S. The van der Waals surface area contributed by atoms with Crippen LogP contribution in [0.25, 0.3) is 11.0 Å². The molecule has 0 fully saturated rings. The molecule has 0 saturated heterocycles. The zero-order valence-corrected chi connectivity index (χ0v) is 16.9. The SMILES string of the molecule is CCCCS(=O)(=O)N[C@@H](C)C(=O)OCc1cc(=O)oc2cc(C)c(Cl)cc12. The number of halogens is 1. The molecule has 0 saturated carbocycles. The van der Waals surface area contributed by atoms with Crippen LogP contribution in [0.15, 0.2) is 27.4 Å². The minimum Gasteiger partial charge on any atom is -0.460 e. The number of ether oxygens (including phenoxy) is 1. The van der Waals surface area contributed by atoms with Crippen LogP contribution in [0.1, 0.15) is 37.8 Å². The van der Waals surface area contributed by atoms with Crippen LogP contribution in [0.4, 0.5) is 0 Å². The van der Waals surface area contributed by atoms with Crippen LogP contribution in [0, 0.1) is 6.92 Å². The van der Waals surface area contributed by atoms with Gasteiger partial charge in [0.05, 0.1) is 5.75 Å². The molecule has 1 aromatic heterocycles. The van der Waals surface area contributed by atoms with Gasteiger partial charge in [0.1, 0.15) is 18.2 Å². The van der Waals surface area contributed by atoms with Gasteiger partial charge in [0.15, 0.2) is 0 Å². The molecule has 1 N–H and O–H groups in total. The second kappa shape index (κ2) is 8.86. The molecule has 1 aromatic carbocycles. The standard InChI is InChI=1S/C18H22ClNO6S/c1-4-5-6-27(23,24)20-12(3)18(22)25-10-13-8-17(21)26-16-7-11(2)15(19)9-14(13)16/h7-9,12,20H,4-6,10H2,1-3H3/t12-/m0/s1. The summed E-state index contributed by atoms with van der Waals surface area (Å²) in [6.07, 6.45) is 1.23. The Morgan fingerprint density at radius 3 is 2.70 bits per heavy atom. The average molecular weight is 416 g/mol. The van der Waals surface area contributed by atoms with Crippen molar-refractivity contribution in [3.05, 3.63) is 44.8 Å². The number of carbonyl (C=O) groups is 1. The normalized spacial score (nSPS) is 12.9. The van der Waals surface area contributed by atoms with Crippen molar-refractivity contribution in [1.29, 1.82) is 0 Å². The predicted octanol–water partition coefficient (Wildman–Crippen LogP) is 2.91. The van der Waals surface area contributed by atoms with E-state index in [2.05, 4.69) is 4.72 Å². The minimum absolute atomic E-state index is 0.0522. The largest absolute Gasteiger partial charge is 0.460 e. The Kier molecular flexibility index (Phi) is 7.02. The van der Waals surface area contributed by atoms with Crippen LogP contribution >= 0.6 is 11.6 Å². The lowest BCUT2D eigenvalue weighted by Crippen LogP contribution is -2.40. The first-order valence-electron chi connectivity index (χ1n) is 8.52. The monoisotopic (exact) mass is 415 g/mol. The average Bonchev–Trinajstić information content (AvgIpc) is 2.58. The van der Waals surface area contributed by atoms with Gasteiger partial charge in [0.25, 0.3) is 0 Å². The first kappa shape index (κ1) is 21.4. The van der Waals surface area contributed by atoms with Crippen LogP contribution in [-0.4, -0.2) is 26.2 Å².